The van der Waals surface area contributed by atoms with Gasteiger partial charge in [-0.25, -0.2) is 0 Å². The minimum atomic E-state index is 0.133. The second-order valence-corrected chi connectivity index (χ2v) is 5.51. The quantitative estimate of drug-likeness (QED) is 0.748. The molecule has 0 aromatic carbocycles. The van der Waals surface area contributed by atoms with Crippen LogP contribution in [0, 0.1) is 0 Å². The van der Waals surface area contributed by atoms with Gasteiger partial charge in [-0.1, -0.05) is 0 Å². The average Bonchev–Trinajstić information content (AvgIpc) is 3.03. The molecule has 3 rings (SSSR count). The molecule has 3 heterocycles. The van der Waals surface area contributed by atoms with Gasteiger partial charge in [-0.15, -0.1) is 0 Å². The maximum atomic E-state index is 12.4. The summed E-state index contributed by atoms with van der Waals surface area (Å²) in [6.07, 6.45) is 3.54. The molecule has 18 heavy (non-hydrogen) atoms. The first-order valence-corrected chi connectivity index (χ1v) is 7.20. The summed E-state index contributed by atoms with van der Waals surface area (Å²) >= 11 is 0. The van der Waals surface area contributed by atoms with E-state index in [2.05, 4.69) is 10.2 Å². The molecule has 2 atom stereocenters. The Balaban J connectivity index is 1.54. The first kappa shape index (κ1) is 12.4. The van der Waals surface area contributed by atoms with Crippen molar-refractivity contribution in [1.29, 1.82) is 0 Å². The SMILES string of the molecule is O=C1C(N2CCNCC2)CCN1CC1CCCO1. The zero-order chi connectivity index (χ0) is 12.4. The summed E-state index contributed by atoms with van der Waals surface area (Å²) in [5, 5.41) is 3.34. The minimum Gasteiger partial charge on any atom is -0.376 e. The fourth-order valence-electron chi connectivity index (χ4n) is 3.27. The number of likely N-dealkylation sites (tertiary alicyclic amines) is 1. The molecule has 3 fully saturated rings. The first-order valence-electron chi connectivity index (χ1n) is 7.20. The van der Waals surface area contributed by atoms with E-state index in [1.165, 1.54) is 0 Å². The van der Waals surface area contributed by atoms with Crippen molar-refractivity contribution in [3.63, 3.8) is 0 Å². The van der Waals surface area contributed by atoms with Crippen LogP contribution in [0.25, 0.3) is 0 Å². The molecule has 3 saturated heterocycles. The number of piperazine rings is 1. The van der Waals surface area contributed by atoms with Crippen LogP contribution in [0.5, 0.6) is 0 Å². The van der Waals surface area contributed by atoms with Crippen molar-refractivity contribution >= 4 is 5.91 Å². The molecule has 5 heteroatoms. The molecular weight excluding hydrogens is 230 g/mol. The Bertz CT molecular complexity index is 299. The molecule has 102 valence electrons. The van der Waals surface area contributed by atoms with Crippen LogP contribution in [-0.4, -0.2) is 73.7 Å². The van der Waals surface area contributed by atoms with E-state index < -0.39 is 0 Å². The molecule has 0 radical (unpaired) electrons. The van der Waals surface area contributed by atoms with E-state index in [0.717, 1.165) is 65.1 Å². The molecule has 5 nitrogen and oxygen atoms in total. The van der Waals surface area contributed by atoms with E-state index in [1.807, 2.05) is 4.90 Å². The maximum absolute atomic E-state index is 12.4. The smallest absolute Gasteiger partial charge is 0.240 e. The van der Waals surface area contributed by atoms with Crippen LogP contribution >= 0.6 is 0 Å². The van der Waals surface area contributed by atoms with Gasteiger partial charge in [0.2, 0.25) is 5.91 Å². The molecular formula is C13H23N3O2. The highest BCUT2D eigenvalue weighted by atomic mass is 16.5. The van der Waals surface area contributed by atoms with E-state index in [1.54, 1.807) is 0 Å². The lowest BCUT2D eigenvalue weighted by molar-refractivity contribution is -0.133. The third-order valence-corrected chi connectivity index (χ3v) is 4.31. The zero-order valence-corrected chi connectivity index (χ0v) is 10.9. The van der Waals surface area contributed by atoms with Crippen molar-refractivity contribution < 1.29 is 9.53 Å². The Morgan fingerprint density at radius 2 is 2.06 bits per heavy atom. The molecule has 0 saturated carbocycles. The summed E-state index contributed by atoms with van der Waals surface area (Å²) in [6, 6.07) is 0.133. The number of nitrogens with zero attached hydrogens (tertiary/aromatic N) is 2. The van der Waals surface area contributed by atoms with Crippen LogP contribution in [0.15, 0.2) is 0 Å². The Morgan fingerprint density at radius 1 is 1.22 bits per heavy atom. The van der Waals surface area contributed by atoms with Crippen molar-refractivity contribution in [2.75, 3.05) is 45.9 Å². The highest BCUT2D eigenvalue weighted by Gasteiger charge is 2.37. The summed E-state index contributed by atoms with van der Waals surface area (Å²) in [5.41, 5.74) is 0. The Kier molecular flexibility index (Phi) is 3.82. The summed E-state index contributed by atoms with van der Waals surface area (Å²) in [4.78, 5) is 16.8. The highest BCUT2D eigenvalue weighted by molar-refractivity contribution is 5.84. The number of carbonyl (C=O) groups is 1. The zero-order valence-electron chi connectivity index (χ0n) is 10.9. The lowest BCUT2D eigenvalue weighted by Crippen LogP contribution is -2.51. The Hall–Kier alpha value is -0.650. The fraction of sp³-hybridized carbons (Fsp3) is 0.923. The number of hydrogen-bond acceptors (Lipinski definition) is 4. The van der Waals surface area contributed by atoms with E-state index in [9.17, 15) is 4.79 Å². The standard InChI is InChI=1S/C13H23N3O2/c17-13-12(15-7-4-14-5-8-15)3-6-16(13)10-11-2-1-9-18-11/h11-12,14H,1-10H2. The van der Waals surface area contributed by atoms with Gasteiger partial charge in [0.15, 0.2) is 0 Å². The van der Waals surface area contributed by atoms with Gasteiger partial charge in [-0.05, 0) is 19.3 Å². The molecule has 1 amide bonds. The van der Waals surface area contributed by atoms with Crippen LogP contribution in [-0.2, 0) is 9.53 Å². The minimum absolute atomic E-state index is 0.133. The van der Waals surface area contributed by atoms with Crippen molar-refractivity contribution in [3.8, 4) is 0 Å². The van der Waals surface area contributed by atoms with Gasteiger partial charge in [-0.3, -0.25) is 9.69 Å². The van der Waals surface area contributed by atoms with Crippen molar-refractivity contribution in [2.24, 2.45) is 0 Å². The average molecular weight is 253 g/mol. The Labute approximate surface area is 108 Å². The van der Waals surface area contributed by atoms with Crippen LogP contribution in [0.3, 0.4) is 0 Å². The van der Waals surface area contributed by atoms with Crippen LogP contribution in [0.1, 0.15) is 19.3 Å². The number of amides is 1. The van der Waals surface area contributed by atoms with Crippen molar-refractivity contribution in [2.45, 2.75) is 31.4 Å². The number of rotatable bonds is 3. The first-order chi connectivity index (χ1) is 8.84. The number of ether oxygens (including phenoxy) is 1. The van der Waals surface area contributed by atoms with Crippen LogP contribution in [0.2, 0.25) is 0 Å². The van der Waals surface area contributed by atoms with Gasteiger partial charge in [0.25, 0.3) is 0 Å². The highest BCUT2D eigenvalue weighted by Crippen LogP contribution is 2.21. The van der Waals surface area contributed by atoms with Gasteiger partial charge >= 0.3 is 0 Å². The summed E-state index contributed by atoms with van der Waals surface area (Å²) < 4.78 is 5.63. The molecule has 2 unspecified atom stereocenters. The maximum Gasteiger partial charge on any atom is 0.240 e. The van der Waals surface area contributed by atoms with E-state index >= 15 is 0 Å². The van der Waals surface area contributed by atoms with Gasteiger partial charge < -0.3 is 15.0 Å². The van der Waals surface area contributed by atoms with Gasteiger partial charge in [0, 0.05) is 45.9 Å². The predicted molar refractivity (Wildman–Crippen MR) is 68.4 cm³/mol. The number of carbonyl (C=O) groups excluding carboxylic acids is 1. The monoisotopic (exact) mass is 253 g/mol. The normalized spacial score (nSPS) is 34.4. The molecule has 3 aliphatic heterocycles. The predicted octanol–water partition coefficient (Wildman–Crippen LogP) is -0.328. The molecule has 0 spiro atoms. The van der Waals surface area contributed by atoms with E-state index in [-0.39, 0.29) is 12.1 Å². The summed E-state index contributed by atoms with van der Waals surface area (Å²) in [7, 11) is 0. The van der Waals surface area contributed by atoms with Gasteiger partial charge in [0.1, 0.15) is 0 Å². The summed E-state index contributed by atoms with van der Waals surface area (Å²) in [6.45, 7) is 6.61. The largest absolute Gasteiger partial charge is 0.376 e. The lowest BCUT2D eigenvalue weighted by atomic mass is 10.2. The lowest BCUT2D eigenvalue weighted by Gasteiger charge is -2.31. The third-order valence-electron chi connectivity index (χ3n) is 4.31. The van der Waals surface area contributed by atoms with Crippen LogP contribution < -0.4 is 5.32 Å². The van der Waals surface area contributed by atoms with Crippen molar-refractivity contribution in [3.05, 3.63) is 0 Å². The third kappa shape index (κ3) is 2.53. The van der Waals surface area contributed by atoms with Crippen molar-refractivity contribution in [1.82, 2.24) is 15.1 Å². The second kappa shape index (κ2) is 5.55. The fourth-order valence-corrected chi connectivity index (χ4v) is 3.27. The molecule has 1 N–H and O–H groups in total. The van der Waals surface area contributed by atoms with Gasteiger partial charge in [-0.2, -0.15) is 0 Å². The van der Waals surface area contributed by atoms with E-state index in [4.69, 9.17) is 4.74 Å². The molecule has 0 aromatic heterocycles. The molecule has 0 aliphatic carbocycles. The summed E-state index contributed by atoms with van der Waals surface area (Å²) in [5.74, 6) is 0.326. The van der Waals surface area contributed by atoms with Gasteiger partial charge in [0.05, 0.1) is 12.1 Å². The number of nitrogens with one attached hydrogen (secondary N) is 1. The second-order valence-electron chi connectivity index (χ2n) is 5.51. The van der Waals surface area contributed by atoms with E-state index in [0.29, 0.717) is 5.91 Å². The molecule has 0 aromatic rings. The Morgan fingerprint density at radius 3 is 2.78 bits per heavy atom. The molecule has 0 bridgehead atoms. The molecule has 3 aliphatic rings. The number of hydrogen-bond donors (Lipinski definition) is 1. The van der Waals surface area contributed by atoms with Crippen LogP contribution in [0.4, 0.5) is 0 Å². The topological polar surface area (TPSA) is 44.8 Å².